The number of hydrogen-bond acceptors (Lipinski definition) is 9. The van der Waals surface area contributed by atoms with Crippen LogP contribution < -0.4 is 19.1 Å². The van der Waals surface area contributed by atoms with Crippen LogP contribution in [0.2, 0.25) is 0 Å². The Labute approximate surface area is 278 Å². The SMILES string of the molecule is CC(=O)N(Sc1nc2cc3c(cc2cc1C#N)OCCO3)c1cccc(C(=O)Nc2ccc(CN3CCN(C)CC3)cc2)c1C.Cl. The number of benzene rings is 3. The highest BCUT2D eigenvalue weighted by molar-refractivity contribution is 8.01. The number of anilines is 2. The highest BCUT2D eigenvalue weighted by Gasteiger charge is 2.23. The molecule has 12 heteroatoms. The van der Waals surface area contributed by atoms with Crippen molar-refractivity contribution in [1.82, 2.24) is 14.8 Å². The van der Waals surface area contributed by atoms with Gasteiger partial charge in [-0.25, -0.2) is 9.29 Å². The van der Waals surface area contributed by atoms with Crippen molar-refractivity contribution in [3.63, 3.8) is 0 Å². The van der Waals surface area contributed by atoms with Gasteiger partial charge in [-0.2, -0.15) is 5.26 Å². The van der Waals surface area contributed by atoms with E-state index >= 15 is 0 Å². The number of nitriles is 1. The zero-order chi connectivity index (χ0) is 31.5. The largest absolute Gasteiger partial charge is 0.486 e. The van der Waals surface area contributed by atoms with Gasteiger partial charge in [0.1, 0.15) is 24.3 Å². The van der Waals surface area contributed by atoms with Gasteiger partial charge in [-0.1, -0.05) is 18.2 Å². The Balaban J connectivity index is 0.00000417. The highest BCUT2D eigenvalue weighted by atomic mass is 35.5. The average molecular weight is 659 g/mol. The van der Waals surface area contributed by atoms with Crippen LogP contribution in [0.15, 0.2) is 65.7 Å². The van der Waals surface area contributed by atoms with Crippen LogP contribution >= 0.6 is 24.4 Å². The summed E-state index contributed by atoms with van der Waals surface area (Å²) in [4.78, 5) is 35.9. The summed E-state index contributed by atoms with van der Waals surface area (Å²) in [6, 6.07) is 20.7. The van der Waals surface area contributed by atoms with Crippen LogP contribution in [-0.4, -0.2) is 73.0 Å². The minimum Gasteiger partial charge on any atom is -0.486 e. The number of halogens is 1. The Morgan fingerprint density at radius 3 is 2.39 bits per heavy atom. The lowest BCUT2D eigenvalue weighted by molar-refractivity contribution is -0.115. The summed E-state index contributed by atoms with van der Waals surface area (Å²) in [7, 11) is 2.15. The number of nitrogens with zero attached hydrogens (tertiary/aromatic N) is 5. The van der Waals surface area contributed by atoms with Crippen LogP contribution in [0.5, 0.6) is 11.5 Å². The first-order valence-electron chi connectivity index (χ1n) is 14.8. The van der Waals surface area contributed by atoms with Gasteiger partial charge in [0, 0.05) is 74.3 Å². The van der Waals surface area contributed by atoms with Crippen molar-refractivity contribution in [2.24, 2.45) is 0 Å². The summed E-state index contributed by atoms with van der Waals surface area (Å²) in [5.41, 5.74) is 4.43. The normalized spacial score (nSPS) is 14.7. The van der Waals surface area contributed by atoms with Gasteiger partial charge in [-0.3, -0.25) is 14.5 Å². The second kappa shape index (κ2) is 14.4. The number of nitrogens with one attached hydrogen (secondary N) is 1. The number of carbonyl (C=O) groups excluding carboxylic acids is 2. The number of fused-ring (bicyclic) bond motifs is 2. The Bertz CT molecular complexity index is 1800. The Kier molecular flexibility index (Phi) is 10.3. The fourth-order valence-electron chi connectivity index (χ4n) is 5.46. The van der Waals surface area contributed by atoms with Gasteiger partial charge in [-0.05, 0) is 61.5 Å². The number of carbonyl (C=O) groups is 2. The summed E-state index contributed by atoms with van der Waals surface area (Å²) >= 11 is 1.05. The molecule has 0 saturated carbocycles. The predicted molar refractivity (Wildman–Crippen MR) is 182 cm³/mol. The van der Waals surface area contributed by atoms with E-state index in [0.29, 0.717) is 63.3 Å². The van der Waals surface area contributed by atoms with Crippen LogP contribution in [0, 0.1) is 18.3 Å². The monoisotopic (exact) mass is 658 g/mol. The van der Waals surface area contributed by atoms with E-state index in [0.717, 1.165) is 50.1 Å². The minimum atomic E-state index is -0.275. The average Bonchev–Trinajstić information content (AvgIpc) is 3.04. The maximum atomic E-state index is 13.4. The van der Waals surface area contributed by atoms with Crippen molar-refractivity contribution in [2.45, 2.75) is 25.4 Å². The first kappa shape index (κ1) is 33.0. The van der Waals surface area contributed by atoms with E-state index in [9.17, 15) is 14.9 Å². The molecule has 0 spiro atoms. The number of piperazine rings is 1. The molecule has 0 atom stereocenters. The molecule has 0 radical (unpaired) electrons. The second-order valence-electron chi connectivity index (χ2n) is 11.2. The maximum absolute atomic E-state index is 13.4. The number of amides is 2. The van der Waals surface area contributed by atoms with Crippen molar-refractivity contribution in [3.05, 3.63) is 82.9 Å². The number of likely N-dealkylation sites (N-methyl/N-ethyl adjacent to an activating group) is 1. The van der Waals surface area contributed by atoms with Crippen LogP contribution in [-0.2, 0) is 11.3 Å². The smallest absolute Gasteiger partial charge is 0.256 e. The van der Waals surface area contributed by atoms with Crippen molar-refractivity contribution in [2.75, 3.05) is 56.1 Å². The molecule has 0 bridgehead atoms. The standard InChI is InChI=1S/C34H34N6O4S.ClH/c1-22-28(33(42)36-27-9-7-24(8-10-27)21-39-13-11-38(3)12-14-39)5-4-6-30(22)40(23(2)41)45-34-26(20-35)17-25-18-31-32(19-29(25)37-34)44-16-15-43-31;/h4-10,17-19H,11-16,21H2,1-3H3,(H,36,42);1H. The molecule has 6 rings (SSSR count). The van der Waals surface area contributed by atoms with Gasteiger partial charge in [-0.15, -0.1) is 12.4 Å². The number of hydrogen-bond donors (Lipinski definition) is 1. The molecule has 1 N–H and O–H groups in total. The van der Waals surface area contributed by atoms with Crippen molar-refractivity contribution >= 4 is 58.4 Å². The van der Waals surface area contributed by atoms with Gasteiger partial charge in [0.05, 0.1) is 16.8 Å². The topological polar surface area (TPSA) is 111 Å². The van der Waals surface area contributed by atoms with Crippen LogP contribution in [0.25, 0.3) is 10.9 Å². The third-order valence-electron chi connectivity index (χ3n) is 8.01. The quantitative estimate of drug-likeness (QED) is 0.251. The van der Waals surface area contributed by atoms with Crippen molar-refractivity contribution in [1.29, 1.82) is 5.26 Å². The van der Waals surface area contributed by atoms with Crippen molar-refractivity contribution in [3.8, 4) is 17.6 Å². The lowest BCUT2D eigenvalue weighted by atomic mass is 10.1. The number of aromatic nitrogens is 1. The zero-order valence-electron chi connectivity index (χ0n) is 25.9. The lowest BCUT2D eigenvalue weighted by Gasteiger charge is -2.32. The van der Waals surface area contributed by atoms with Gasteiger partial charge >= 0.3 is 0 Å². The predicted octanol–water partition coefficient (Wildman–Crippen LogP) is 5.67. The summed E-state index contributed by atoms with van der Waals surface area (Å²) in [5, 5.41) is 14.0. The van der Waals surface area contributed by atoms with E-state index in [4.69, 9.17) is 14.5 Å². The van der Waals surface area contributed by atoms with E-state index in [-0.39, 0.29) is 24.2 Å². The molecular formula is C34H35ClN6O4S. The molecule has 10 nitrogen and oxygen atoms in total. The van der Waals surface area contributed by atoms with Gasteiger partial charge in [0.2, 0.25) is 5.91 Å². The van der Waals surface area contributed by atoms with E-state index in [2.05, 4.69) is 28.2 Å². The fraction of sp³-hybridized carbons (Fsp3) is 0.294. The van der Waals surface area contributed by atoms with E-state index in [1.165, 1.54) is 16.8 Å². The molecule has 1 fully saturated rings. The fourth-order valence-corrected chi connectivity index (χ4v) is 6.40. The third-order valence-corrected chi connectivity index (χ3v) is 9.13. The van der Waals surface area contributed by atoms with Gasteiger partial charge in [0.25, 0.3) is 5.91 Å². The first-order valence-corrected chi connectivity index (χ1v) is 15.6. The molecule has 46 heavy (non-hydrogen) atoms. The molecule has 2 aliphatic heterocycles. The van der Waals surface area contributed by atoms with E-state index in [1.807, 2.05) is 37.3 Å². The Morgan fingerprint density at radius 2 is 1.72 bits per heavy atom. The molecule has 3 aromatic carbocycles. The summed E-state index contributed by atoms with van der Waals surface area (Å²) < 4.78 is 12.8. The zero-order valence-corrected chi connectivity index (χ0v) is 27.5. The molecule has 4 aromatic rings. The summed E-state index contributed by atoms with van der Waals surface area (Å²) in [5.74, 6) is 0.648. The molecule has 3 heterocycles. The Hall–Kier alpha value is -4.34. The van der Waals surface area contributed by atoms with E-state index < -0.39 is 0 Å². The molecule has 2 amide bonds. The molecule has 1 saturated heterocycles. The van der Waals surface area contributed by atoms with E-state index in [1.54, 1.807) is 30.3 Å². The molecule has 2 aliphatic rings. The molecule has 1 aromatic heterocycles. The number of ether oxygens (including phenoxy) is 2. The van der Waals surface area contributed by atoms with Crippen molar-refractivity contribution < 1.29 is 19.1 Å². The number of rotatable bonds is 7. The molecule has 0 unspecified atom stereocenters. The van der Waals surface area contributed by atoms with Crippen LogP contribution in [0.3, 0.4) is 0 Å². The maximum Gasteiger partial charge on any atom is 0.256 e. The van der Waals surface area contributed by atoms with Gasteiger partial charge in [0.15, 0.2) is 11.5 Å². The second-order valence-corrected chi connectivity index (χ2v) is 12.2. The van der Waals surface area contributed by atoms with Crippen LogP contribution in [0.1, 0.15) is 34.0 Å². The number of pyridine rings is 1. The minimum absolute atomic E-state index is 0. The summed E-state index contributed by atoms with van der Waals surface area (Å²) in [6.45, 7) is 9.25. The first-order chi connectivity index (χ1) is 21.8. The molecular weight excluding hydrogens is 624 g/mol. The lowest BCUT2D eigenvalue weighted by Crippen LogP contribution is -2.43. The summed E-state index contributed by atoms with van der Waals surface area (Å²) in [6.07, 6.45) is 0. The third kappa shape index (κ3) is 7.21. The molecule has 0 aliphatic carbocycles. The van der Waals surface area contributed by atoms with Crippen LogP contribution in [0.4, 0.5) is 11.4 Å². The van der Waals surface area contributed by atoms with Gasteiger partial charge < -0.3 is 19.7 Å². The Morgan fingerprint density at radius 1 is 1.02 bits per heavy atom. The molecule has 238 valence electrons. The highest BCUT2D eigenvalue weighted by Crippen LogP contribution is 2.38.